The summed E-state index contributed by atoms with van der Waals surface area (Å²) in [7, 11) is 0. The number of aliphatic hydroxyl groups excluding tert-OH is 1. The molecule has 0 aliphatic heterocycles. The number of hydrogen-bond acceptors (Lipinski definition) is 5. The molecule has 5 heteroatoms. The number of hydrogen-bond donors (Lipinski definition) is 3. The number of nitrogens with zero attached hydrogens (tertiary/aromatic N) is 2. The van der Waals surface area contributed by atoms with Crippen LogP contribution in [0.25, 0.3) is 0 Å². The molecule has 0 spiro atoms. The summed E-state index contributed by atoms with van der Waals surface area (Å²) in [5, 5.41) is 15.6. The number of aliphatic hydroxyl groups is 1. The first-order valence-electron chi connectivity index (χ1n) is 6.15. The van der Waals surface area contributed by atoms with E-state index in [0.29, 0.717) is 0 Å². The fraction of sp³-hybridized carbons (Fsp3) is 0.667. The molecule has 1 aromatic rings. The summed E-state index contributed by atoms with van der Waals surface area (Å²) in [6.45, 7) is 7.12. The van der Waals surface area contributed by atoms with Crippen molar-refractivity contribution < 1.29 is 5.11 Å². The Labute approximate surface area is 103 Å². The van der Waals surface area contributed by atoms with Gasteiger partial charge in [-0.2, -0.15) is 0 Å². The smallest absolute Gasteiger partial charge is 0.134 e. The normalized spacial score (nSPS) is 12.2. The van der Waals surface area contributed by atoms with Crippen LogP contribution in [0.15, 0.2) is 6.33 Å². The molecule has 0 aromatic carbocycles. The average molecular weight is 238 g/mol. The third-order valence-corrected chi connectivity index (χ3v) is 2.68. The molecule has 0 amide bonds. The maximum atomic E-state index is 9.17. The van der Waals surface area contributed by atoms with E-state index >= 15 is 0 Å². The van der Waals surface area contributed by atoms with Gasteiger partial charge in [0.15, 0.2) is 0 Å². The topological polar surface area (TPSA) is 70.1 Å². The van der Waals surface area contributed by atoms with Gasteiger partial charge in [0, 0.05) is 12.1 Å². The van der Waals surface area contributed by atoms with Gasteiger partial charge in [-0.15, -0.1) is 0 Å². The van der Waals surface area contributed by atoms with Crippen LogP contribution in [-0.4, -0.2) is 34.3 Å². The van der Waals surface area contributed by atoms with Gasteiger partial charge in [-0.05, 0) is 19.8 Å². The van der Waals surface area contributed by atoms with Gasteiger partial charge in [-0.25, -0.2) is 9.97 Å². The van der Waals surface area contributed by atoms with E-state index in [2.05, 4.69) is 27.5 Å². The highest BCUT2D eigenvalue weighted by Gasteiger charge is 2.10. The Kier molecular flexibility index (Phi) is 5.69. The van der Waals surface area contributed by atoms with Crippen molar-refractivity contribution in [3.8, 4) is 0 Å². The zero-order chi connectivity index (χ0) is 12.7. The molecule has 0 saturated heterocycles. The second-order valence-corrected chi connectivity index (χ2v) is 4.05. The SMILES string of the molecule is CCCNc1ncnc(NC(CC)CO)c1C. The summed E-state index contributed by atoms with van der Waals surface area (Å²) in [5.74, 6) is 1.65. The third kappa shape index (κ3) is 3.85. The molecule has 1 rings (SSSR count). The van der Waals surface area contributed by atoms with Gasteiger partial charge in [0.05, 0.1) is 12.6 Å². The molecular weight excluding hydrogens is 216 g/mol. The van der Waals surface area contributed by atoms with Gasteiger partial charge >= 0.3 is 0 Å². The van der Waals surface area contributed by atoms with Crippen molar-refractivity contribution in [2.45, 2.75) is 39.7 Å². The maximum Gasteiger partial charge on any atom is 0.134 e. The van der Waals surface area contributed by atoms with Crippen LogP contribution in [-0.2, 0) is 0 Å². The van der Waals surface area contributed by atoms with E-state index in [4.69, 9.17) is 5.11 Å². The second kappa shape index (κ2) is 7.06. The lowest BCUT2D eigenvalue weighted by molar-refractivity contribution is 0.271. The minimum Gasteiger partial charge on any atom is -0.394 e. The Bertz CT molecular complexity index is 339. The molecule has 0 bridgehead atoms. The molecule has 0 radical (unpaired) electrons. The van der Waals surface area contributed by atoms with Crippen molar-refractivity contribution in [3.63, 3.8) is 0 Å². The van der Waals surface area contributed by atoms with Gasteiger partial charge in [-0.3, -0.25) is 0 Å². The van der Waals surface area contributed by atoms with Crippen LogP contribution in [0.4, 0.5) is 11.6 Å². The summed E-state index contributed by atoms with van der Waals surface area (Å²) < 4.78 is 0. The van der Waals surface area contributed by atoms with Crippen molar-refractivity contribution in [1.29, 1.82) is 0 Å². The van der Waals surface area contributed by atoms with Crippen LogP contribution in [0.1, 0.15) is 32.3 Å². The molecule has 96 valence electrons. The van der Waals surface area contributed by atoms with E-state index in [1.165, 1.54) is 6.33 Å². The minimum atomic E-state index is 0.0441. The Morgan fingerprint density at radius 2 is 2.00 bits per heavy atom. The molecule has 0 fully saturated rings. The largest absolute Gasteiger partial charge is 0.394 e. The second-order valence-electron chi connectivity index (χ2n) is 4.05. The van der Waals surface area contributed by atoms with Crippen LogP contribution in [0.5, 0.6) is 0 Å². The van der Waals surface area contributed by atoms with Crippen LogP contribution >= 0.6 is 0 Å². The van der Waals surface area contributed by atoms with E-state index < -0.39 is 0 Å². The van der Waals surface area contributed by atoms with Gasteiger partial charge in [0.25, 0.3) is 0 Å². The first-order valence-corrected chi connectivity index (χ1v) is 6.15. The van der Waals surface area contributed by atoms with E-state index in [9.17, 15) is 0 Å². The molecule has 1 unspecified atom stereocenters. The molecule has 0 saturated carbocycles. The highest BCUT2D eigenvalue weighted by Crippen LogP contribution is 2.19. The van der Waals surface area contributed by atoms with Crippen molar-refractivity contribution in [2.24, 2.45) is 0 Å². The molecular formula is C12H22N4O. The van der Waals surface area contributed by atoms with Crippen LogP contribution in [0, 0.1) is 6.92 Å². The quantitative estimate of drug-likeness (QED) is 0.675. The maximum absolute atomic E-state index is 9.17. The Morgan fingerprint density at radius 1 is 1.29 bits per heavy atom. The van der Waals surface area contributed by atoms with Crippen LogP contribution in [0.3, 0.4) is 0 Å². The fourth-order valence-corrected chi connectivity index (χ4v) is 1.49. The standard InChI is InChI=1S/C12H22N4O/c1-4-6-13-11-9(3)12(15-8-14-11)16-10(5-2)7-17/h8,10,17H,4-7H2,1-3H3,(H2,13,14,15,16). The summed E-state index contributed by atoms with van der Waals surface area (Å²) in [4.78, 5) is 8.42. The molecule has 1 atom stereocenters. The number of nitrogens with one attached hydrogen (secondary N) is 2. The first-order chi connectivity index (χ1) is 8.22. The lowest BCUT2D eigenvalue weighted by atomic mass is 10.2. The first kappa shape index (κ1) is 13.7. The number of aromatic nitrogens is 2. The fourth-order valence-electron chi connectivity index (χ4n) is 1.49. The lowest BCUT2D eigenvalue weighted by Crippen LogP contribution is -2.24. The number of anilines is 2. The van der Waals surface area contributed by atoms with Crippen molar-refractivity contribution in [1.82, 2.24) is 9.97 Å². The van der Waals surface area contributed by atoms with Gasteiger partial charge in [0.2, 0.25) is 0 Å². The van der Waals surface area contributed by atoms with Crippen molar-refractivity contribution >= 4 is 11.6 Å². The summed E-state index contributed by atoms with van der Waals surface area (Å²) in [6.07, 6.45) is 3.45. The number of rotatable bonds is 7. The summed E-state index contributed by atoms with van der Waals surface area (Å²) >= 11 is 0. The zero-order valence-electron chi connectivity index (χ0n) is 10.8. The van der Waals surface area contributed by atoms with Crippen molar-refractivity contribution in [3.05, 3.63) is 11.9 Å². The Balaban J connectivity index is 2.78. The Morgan fingerprint density at radius 3 is 2.59 bits per heavy atom. The predicted molar refractivity (Wildman–Crippen MR) is 70.3 cm³/mol. The Hall–Kier alpha value is -1.36. The molecule has 3 N–H and O–H groups in total. The van der Waals surface area contributed by atoms with Crippen molar-refractivity contribution in [2.75, 3.05) is 23.8 Å². The predicted octanol–water partition coefficient (Wildman–Crippen LogP) is 1.79. The highest BCUT2D eigenvalue weighted by atomic mass is 16.3. The van der Waals surface area contributed by atoms with Crippen LogP contribution in [0.2, 0.25) is 0 Å². The average Bonchev–Trinajstić information content (AvgIpc) is 2.36. The zero-order valence-corrected chi connectivity index (χ0v) is 10.8. The molecule has 1 aromatic heterocycles. The van der Waals surface area contributed by atoms with Gasteiger partial charge in [0.1, 0.15) is 18.0 Å². The van der Waals surface area contributed by atoms with E-state index in [-0.39, 0.29) is 12.6 Å². The van der Waals surface area contributed by atoms with E-state index in [0.717, 1.165) is 36.6 Å². The minimum absolute atomic E-state index is 0.0441. The summed E-state index contributed by atoms with van der Waals surface area (Å²) in [5.41, 5.74) is 0.993. The molecule has 5 nitrogen and oxygen atoms in total. The summed E-state index contributed by atoms with van der Waals surface area (Å²) in [6, 6.07) is 0.0441. The highest BCUT2D eigenvalue weighted by molar-refractivity contribution is 5.56. The van der Waals surface area contributed by atoms with Crippen LogP contribution < -0.4 is 10.6 Å². The molecule has 0 aliphatic carbocycles. The monoisotopic (exact) mass is 238 g/mol. The molecule has 0 aliphatic rings. The molecule has 1 heterocycles. The lowest BCUT2D eigenvalue weighted by Gasteiger charge is -2.17. The molecule has 17 heavy (non-hydrogen) atoms. The van der Waals surface area contributed by atoms with E-state index in [1.807, 2.05) is 13.8 Å². The van der Waals surface area contributed by atoms with Gasteiger partial charge in [-0.1, -0.05) is 13.8 Å². The third-order valence-electron chi connectivity index (χ3n) is 2.68. The van der Waals surface area contributed by atoms with Gasteiger partial charge < -0.3 is 15.7 Å². The van der Waals surface area contributed by atoms with E-state index in [1.54, 1.807) is 0 Å².